The predicted molar refractivity (Wildman–Crippen MR) is 120 cm³/mol. The summed E-state index contributed by atoms with van der Waals surface area (Å²) in [4.78, 5) is 7.19. The van der Waals surface area contributed by atoms with Gasteiger partial charge in [-0.05, 0) is 30.0 Å². The number of benzene rings is 2. The van der Waals surface area contributed by atoms with Crippen LogP contribution in [-0.2, 0) is 19.5 Å². The van der Waals surface area contributed by atoms with Crippen molar-refractivity contribution < 1.29 is 0 Å². The van der Waals surface area contributed by atoms with E-state index in [0.29, 0.717) is 6.54 Å². The van der Waals surface area contributed by atoms with E-state index >= 15 is 0 Å². The van der Waals surface area contributed by atoms with Gasteiger partial charge in [0.15, 0.2) is 5.96 Å². The van der Waals surface area contributed by atoms with Gasteiger partial charge in [-0.25, -0.2) is 4.99 Å². The first kappa shape index (κ1) is 20.7. The summed E-state index contributed by atoms with van der Waals surface area (Å²) < 4.78 is 0. The van der Waals surface area contributed by atoms with Crippen LogP contribution >= 0.6 is 24.0 Å². The Balaban J connectivity index is 0.00000243. The number of rotatable bonds is 6. The van der Waals surface area contributed by atoms with Gasteiger partial charge in [0, 0.05) is 32.7 Å². The third-order valence-corrected chi connectivity index (χ3v) is 4.54. The Kier molecular flexibility index (Phi) is 8.91. The van der Waals surface area contributed by atoms with E-state index in [1.165, 1.54) is 16.7 Å². The van der Waals surface area contributed by atoms with Crippen molar-refractivity contribution in [2.45, 2.75) is 26.4 Å². The molecule has 0 radical (unpaired) electrons. The Hall–Kier alpha value is -1.60. The van der Waals surface area contributed by atoms with E-state index in [0.717, 1.165) is 45.1 Å². The molecule has 5 heteroatoms. The maximum absolute atomic E-state index is 4.68. The molecule has 0 amide bonds. The van der Waals surface area contributed by atoms with Crippen molar-refractivity contribution in [1.29, 1.82) is 0 Å². The van der Waals surface area contributed by atoms with Crippen molar-refractivity contribution in [3.8, 4) is 0 Å². The lowest BCUT2D eigenvalue weighted by Gasteiger charge is -2.28. The molecule has 0 bridgehead atoms. The SMILES string of the molecule is CCNC(=NCc1ccccc1)NCCN1CCc2ccccc2C1.I. The van der Waals surface area contributed by atoms with Crippen molar-refractivity contribution in [1.82, 2.24) is 15.5 Å². The molecular formula is C21H29IN4. The van der Waals surface area contributed by atoms with Gasteiger partial charge < -0.3 is 10.6 Å². The molecule has 1 heterocycles. The summed E-state index contributed by atoms with van der Waals surface area (Å²) in [5, 5.41) is 6.79. The highest BCUT2D eigenvalue weighted by atomic mass is 127. The number of hydrogen-bond donors (Lipinski definition) is 2. The highest BCUT2D eigenvalue weighted by molar-refractivity contribution is 14.0. The minimum atomic E-state index is 0. The van der Waals surface area contributed by atoms with Gasteiger partial charge in [-0.2, -0.15) is 0 Å². The monoisotopic (exact) mass is 464 g/mol. The maximum Gasteiger partial charge on any atom is 0.191 e. The van der Waals surface area contributed by atoms with Gasteiger partial charge in [-0.15, -0.1) is 24.0 Å². The Morgan fingerprint density at radius 1 is 1.00 bits per heavy atom. The van der Waals surface area contributed by atoms with Crippen molar-refractivity contribution in [2.75, 3.05) is 26.2 Å². The van der Waals surface area contributed by atoms with Gasteiger partial charge in [-0.3, -0.25) is 4.90 Å². The van der Waals surface area contributed by atoms with Crippen LogP contribution in [0.4, 0.5) is 0 Å². The maximum atomic E-state index is 4.68. The largest absolute Gasteiger partial charge is 0.357 e. The van der Waals surface area contributed by atoms with Crippen LogP contribution in [0.2, 0.25) is 0 Å². The standard InChI is InChI=1S/C21H28N4.HI/c1-2-22-21(24-16-18-8-4-3-5-9-18)23-13-15-25-14-12-19-10-6-7-11-20(19)17-25;/h3-11H,2,12-17H2,1H3,(H2,22,23,24);1H. The molecule has 0 saturated heterocycles. The molecule has 0 spiro atoms. The van der Waals surface area contributed by atoms with E-state index in [1.54, 1.807) is 0 Å². The summed E-state index contributed by atoms with van der Waals surface area (Å²) in [7, 11) is 0. The molecule has 0 aliphatic carbocycles. The van der Waals surface area contributed by atoms with Crippen molar-refractivity contribution in [3.63, 3.8) is 0 Å². The van der Waals surface area contributed by atoms with E-state index < -0.39 is 0 Å². The molecule has 0 saturated carbocycles. The summed E-state index contributed by atoms with van der Waals surface area (Å²) in [6, 6.07) is 19.1. The minimum absolute atomic E-state index is 0. The van der Waals surface area contributed by atoms with Crippen LogP contribution in [-0.4, -0.2) is 37.0 Å². The molecular weight excluding hydrogens is 435 g/mol. The van der Waals surface area contributed by atoms with Gasteiger partial charge in [-0.1, -0.05) is 54.6 Å². The molecule has 0 unspecified atom stereocenters. The number of nitrogens with zero attached hydrogens (tertiary/aromatic N) is 2. The normalized spacial score (nSPS) is 14.3. The number of aliphatic imine (C=N–C) groups is 1. The lowest BCUT2D eigenvalue weighted by molar-refractivity contribution is 0.258. The van der Waals surface area contributed by atoms with Gasteiger partial charge >= 0.3 is 0 Å². The lowest BCUT2D eigenvalue weighted by Crippen LogP contribution is -2.42. The van der Waals surface area contributed by atoms with Gasteiger partial charge in [0.1, 0.15) is 0 Å². The molecule has 1 aliphatic heterocycles. The van der Waals surface area contributed by atoms with Crippen molar-refractivity contribution >= 4 is 29.9 Å². The Labute approximate surface area is 174 Å². The van der Waals surface area contributed by atoms with Crippen LogP contribution in [0.1, 0.15) is 23.6 Å². The molecule has 4 nitrogen and oxygen atoms in total. The van der Waals surface area contributed by atoms with Gasteiger partial charge in [0.05, 0.1) is 6.54 Å². The zero-order chi connectivity index (χ0) is 17.3. The van der Waals surface area contributed by atoms with Crippen molar-refractivity contribution in [3.05, 3.63) is 71.3 Å². The lowest BCUT2D eigenvalue weighted by atomic mass is 10.00. The number of fused-ring (bicyclic) bond motifs is 1. The molecule has 2 N–H and O–H groups in total. The molecule has 140 valence electrons. The van der Waals surface area contributed by atoms with E-state index in [-0.39, 0.29) is 24.0 Å². The second-order valence-electron chi connectivity index (χ2n) is 6.40. The van der Waals surface area contributed by atoms with E-state index in [4.69, 9.17) is 0 Å². The molecule has 26 heavy (non-hydrogen) atoms. The predicted octanol–water partition coefficient (Wildman–Crippen LogP) is 3.42. The Morgan fingerprint density at radius 2 is 1.73 bits per heavy atom. The summed E-state index contributed by atoms with van der Waals surface area (Å²) in [6.45, 7) is 7.80. The highest BCUT2D eigenvalue weighted by Crippen LogP contribution is 2.17. The Bertz CT molecular complexity index is 687. The van der Waals surface area contributed by atoms with Crippen LogP contribution in [0.5, 0.6) is 0 Å². The van der Waals surface area contributed by atoms with Gasteiger partial charge in [0.2, 0.25) is 0 Å². The molecule has 0 aromatic heterocycles. The molecule has 1 aliphatic rings. The van der Waals surface area contributed by atoms with Gasteiger partial charge in [0.25, 0.3) is 0 Å². The molecule has 2 aromatic rings. The molecule has 2 aromatic carbocycles. The molecule has 0 fully saturated rings. The fraction of sp³-hybridized carbons (Fsp3) is 0.381. The number of halogens is 1. The summed E-state index contributed by atoms with van der Waals surface area (Å²) >= 11 is 0. The third kappa shape index (κ3) is 6.29. The zero-order valence-corrected chi connectivity index (χ0v) is 17.8. The average molecular weight is 464 g/mol. The zero-order valence-electron chi connectivity index (χ0n) is 15.4. The first-order chi connectivity index (χ1) is 12.3. The quantitative estimate of drug-likeness (QED) is 0.391. The summed E-state index contributed by atoms with van der Waals surface area (Å²) in [5.74, 6) is 0.892. The van der Waals surface area contributed by atoms with Crippen LogP contribution in [0.25, 0.3) is 0 Å². The summed E-state index contributed by atoms with van der Waals surface area (Å²) in [6.07, 6.45) is 1.15. The van der Waals surface area contributed by atoms with Crippen LogP contribution in [0.3, 0.4) is 0 Å². The third-order valence-electron chi connectivity index (χ3n) is 4.54. The first-order valence-electron chi connectivity index (χ1n) is 9.20. The van der Waals surface area contributed by atoms with E-state index in [9.17, 15) is 0 Å². The number of guanidine groups is 1. The minimum Gasteiger partial charge on any atom is -0.357 e. The van der Waals surface area contributed by atoms with E-state index in [1.807, 2.05) is 6.07 Å². The number of hydrogen-bond acceptors (Lipinski definition) is 2. The van der Waals surface area contributed by atoms with Crippen molar-refractivity contribution in [2.24, 2.45) is 4.99 Å². The number of nitrogens with one attached hydrogen (secondary N) is 2. The molecule has 0 atom stereocenters. The van der Waals surface area contributed by atoms with Crippen LogP contribution in [0.15, 0.2) is 59.6 Å². The summed E-state index contributed by atoms with van der Waals surface area (Å²) in [5.41, 5.74) is 4.20. The molecule has 3 rings (SSSR count). The van der Waals surface area contributed by atoms with E-state index in [2.05, 4.69) is 76.0 Å². The second-order valence-corrected chi connectivity index (χ2v) is 6.40. The fourth-order valence-electron chi connectivity index (χ4n) is 3.17. The smallest absolute Gasteiger partial charge is 0.191 e. The topological polar surface area (TPSA) is 39.7 Å². The fourth-order valence-corrected chi connectivity index (χ4v) is 3.17. The second kappa shape index (κ2) is 11.2. The highest BCUT2D eigenvalue weighted by Gasteiger charge is 2.14. The average Bonchev–Trinajstić information content (AvgIpc) is 2.67. The van der Waals surface area contributed by atoms with Crippen LogP contribution in [0, 0.1) is 0 Å². The van der Waals surface area contributed by atoms with Crippen LogP contribution < -0.4 is 10.6 Å². The Morgan fingerprint density at radius 3 is 2.50 bits per heavy atom. The first-order valence-corrected chi connectivity index (χ1v) is 9.20.